The Labute approximate surface area is 115 Å². The van der Waals surface area contributed by atoms with E-state index in [-0.39, 0.29) is 0 Å². The van der Waals surface area contributed by atoms with Gasteiger partial charge in [-0.05, 0) is 24.6 Å². The molecule has 0 aromatic carbocycles. The average molecular weight is 268 g/mol. The van der Waals surface area contributed by atoms with Crippen molar-refractivity contribution in [2.45, 2.75) is 19.9 Å². The van der Waals surface area contributed by atoms with Crippen LogP contribution in [0.5, 0.6) is 5.88 Å². The summed E-state index contributed by atoms with van der Waals surface area (Å²) in [4.78, 5) is 4.17. The van der Waals surface area contributed by atoms with Crippen LogP contribution < -0.4 is 10.1 Å². The van der Waals surface area contributed by atoms with Gasteiger partial charge >= 0.3 is 0 Å². The summed E-state index contributed by atoms with van der Waals surface area (Å²) < 4.78 is 15.7. The zero-order valence-electron chi connectivity index (χ0n) is 11.9. The van der Waals surface area contributed by atoms with Crippen LogP contribution in [0.2, 0.25) is 0 Å². The van der Waals surface area contributed by atoms with Crippen LogP contribution in [0.4, 0.5) is 0 Å². The molecule has 0 aliphatic heterocycles. The van der Waals surface area contributed by atoms with Crippen molar-refractivity contribution in [1.29, 1.82) is 0 Å². The van der Waals surface area contributed by atoms with Crippen LogP contribution in [-0.2, 0) is 16.0 Å². The molecule has 1 heterocycles. The largest absolute Gasteiger partial charge is 0.475 e. The Morgan fingerprint density at radius 2 is 2.05 bits per heavy atom. The minimum Gasteiger partial charge on any atom is -0.475 e. The van der Waals surface area contributed by atoms with E-state index in [1.165, 1.54) is 5.56 Å². The molecular formula is C14H24N2O3. The smallest absolute Gasteiger partial charge is 0.213 e. The molecule has 5 nitrogen and oxygen atoms in total. The minimum atomic E-state index is 0.503. The van der Waals surface area contributed by atoms with E-state index in [4.69, 9.17) is 14.2 Å². The lowest BCUT2D eigenvalue weighted by Crippen LogP contribution is -2.14. The van der Waals surface area contributed by atoms with Gasteiger partial charge < -0.3 is 19.5 Å². The number of ether oxygens (including phenoxy) is 3. The highest BCUT2D eigenvalue weighted by atomic mass is 16.5. The first kappa shape index (κ1) is 15.9. The van der Waals surface area contributed by atoms with Crippen LogP contribution in [0.15, 0.2) is 18.3 Å². The van der Waals surface area contributed by atoms with Crippen molar-refractivity contribution in [3.8, 4) is 5.88 Å². The SMILES string of the molecule is CCCNCc1ccnc(OCCOCCOC)c1. The highest BCUT2D eigenvalue weighted by Gasteiger charge is 1.98. The first-order valence-corrected chi connectivity index (χ1v) is 6.72. The molecule has 0 bridgehead atoms. The molecule has 0 spiro atoms. The van der Waals surface area contributed by atoms with Gasteiger partial charge in [-0.2, -0.15) is 0 Å². The molecule has 1 rings (SSSR count). The third-order valence-electron chi connectivity index (χ3n) is 2.46. The fraction of sp³-hybridized carbons (Fsp3) is 0.643. The minimum absolute atomic E-state index is 0.503. The molecule has 0 aliphatic carbocycles. The standard InChI is InChI=1S/C14H24N2O3/c1-3-5-15-12-13-4-6-16-14(11-13)19-10-9-18-8-7-17-2/h4,6,11,15H,3,5,7-10,12H2,1-2H3. The molecule has 0 amide bonds. The number of nitrogens with zero attached hydrogens (tertiary/aromatic N) is 1. The van der Waals surface area contributed by atoms with E-state index in [0.29, 0.717) is 32.3 Å². The fourth-order valence-corrected chi connectivity index (χ4v) is 1.50. The van der Waals surface area contributed by atoms with Crippen molar-refractivity contribution in [3.05, 3.63) is 23.9 Å². The first-order valence-electron chi connectivity index (χ1n) is 6.72. The summed E-state index contributed by atoms with van der Waals surface area (Å²) in [5.74, 6) is 0.645. The van der Waals surface area contributed by atoms with E-state index in [0.717, 1.165) is 19.5 Å². The van der Waals surface area contributed by atoms with Gasteiger partial charge in [0.2, 0.25) is 5.88 Å². The van der Waals surface area contributed by atoms with Gasteiger partial charge in [-0.3, -0.25) is 0 Å². The number of rotatable bonds is 11. The molecule has 5 heteroatoms. The first-order chi connectivity index (χ1) is 9.36. The summed E-state index contributed by atoms with van der Waals surface area (Å²) in [6.45, 7) is 6.26. The second kappa shape index (κ2) is 10.7. The van der Waals surface area contributed by atoms with Gasteiger partial charge in [0.1, 0.15) is 6.61 Å². The molecule has 108 valence electrons. The summed E-state index contributed by atoms with van der Waals surface area (Å²) in [5.41, 5.74) is 1.18. The van der Waals surface area contributed by atoms with Crippen molar-refractivity contribution >= 4 is 0 Å². The van der Waals surface area contributed by atoms with E-state index < -0.39 is 0 Å². The highest BCUT2D eigenvalue weighted by molar-refractivity contribution is 5.20. The predicted molar refractivity (Wildman–Crippen MR) is 74.4 cm³/mol. The van der Waals surface area contributed by atoms with E-state index in [1.807, 2.05) is 12.1 Å². The third kappa shape index (κ3) is 7.77. The van der Waals surface area contributed by atoms with Crippen LogP contribution in [0.1, 0.15) is 18.9 Å². The quantitative estimate of drug-likeness (QED) is 0.618. The molecule has 0 atom stereocenters. The van der Waals surface area contributed by atoms with Gasteiger partial charge in [-0.1, -0.05) is 6.92 Å². The van der Waals surface area contributed by atoms with Crippen molar-refractivity contribution in [3.63, 3.8) is 0 Å². The molecule has 0 fully saturated rings. The molecule has 0 radical (unpaired) electrons. The van der Waals surface area contributed by atoms with E-state index in [1.54, 1.807) is 13.3 Å². The Bertz CT molecular complexity index is 334. The molecule has 0 aliphatic rings. The Morgan fingerprint density at radius 3 is 2.84 bits per heavy atom. The van der Waals surface area contributed by atoms with Crippen LogP contribution in [0, 0.1) is 0 Å². The predicted octanol–water partition coefficient (Wildman–Crippen LogP) is 1.62. The molecule has 1 aromatic heterocycles. The van der Waals surface area contributed by atoms with Gasteiger partial charge in [-0.15, -0.1) is 0 Å². The molecule has 1 aromatic rings. The van der Waals surface area contributed by atoms with Gasteiger partial charge in [0.05, 0.1) is 19.8 Å². The van der Waals surface area contributed by atoms with Crippen molar-refractivity contribution in [2.24, 2.45) is 0 Å². The monoisotopic (exact) mass is 268 g/mol. The summed E-state index contributed by atoms with van der Waals surface area (Å²) in [6, 6.07) is 3.95. The van der Waals surface area contributed by atoms with Crippen molar-refractivity contribution in [2.75, 3.05) is 40.1 Å². The molecular weight excluding hydrogens is 244 g/mol. The zero-order chi connectivity index (χ0) is 13.8. The van der Waals surface area contributed by atoms with Crippen LogP contribution in [0.3, 0.4) is 0 Å². The van der Waals surface area contributed by atoms with Gasteiger partial charge in [-0.25, -0.2) is 4.98 Å². The number of methoxy groups -OCH3 is 1. The van der Waals surface area contributed by atoms with Crippen LogP contribution in [0.25, 0.3) is 0 Å². The lowest BCUT2D eigenvalue weighted by atomic mass is 10.2. The topological polar surface area (TPSA) is 52.6 Å². The third-order valence-corrected chi connectivity index (χ3v) is 2.46. The second-order valence-corrected chi connectivity index (χ2v) is 4.13. The van der Waals surface area contributed by atoms with Crippen LogP contribution in [-0.4, -0.2) is 45.1 Å². The number of pyridine rings is 1. The van der Waals surface area contributed by atoms with Crippen molar-refractivity contribution in [1.82, 2.24) is 10.3 Å². The maximum atomic E-state index is 5.53. The number of nitrogens with one attached hydrogen (secondary N) is 1. The lowest BCUT2D eigenvalue weighted by molar-refractivity contribution is 0.0536. The van der Waals surface area contributed by atoms with Crippen molar-refractivity contribution < 1.29 is 14.2 Å². The maximum absolute atomic E-state index is 5.53. The number of hydrogen-bond acceptors (Lipinski definition) is 5. The second-order valence-electron chi connectivity index (χ2n) is 4.13. The van der Waals surface area contributed by atoms with E-state index in [2.05, 4.69) is 17.2 Å². The maximum Gasteiger partial charge on any atom is 0.213 e. The van der Waals surface area contributed by atoms with Gasteiger partial charge in [0, 0.05) is 25.9 Å². The molecule has 0 unspecified atom stereocenters. The summed E-state index contributed by atoms with van der Waals surface area (Å²) in [6.07, 6.45) is 2.90. The fourth-order valence-electron chi connectivity index (χ4n) is 1.50. The Morgan fingerprint density at radius 1 is 1.21 bits per heavy atom. The molecule has 0 saturated heterocycles. The molecule has 0 saturated carbocycles. The number of hydrogen-bond donors (Lipinski definition) is 1. The van der Waals surface area contributed by atoms with E-state index in [9.17, 15) is 0 Å². The number of aromatic nitrogens is 1. The summed E-state index contributed by atoms with van der Waals surface area (Å²) >= 11 is 0. The van der Waals surface area contributed by atoms with E-state index >= 15 is 0 Å². The Balaban J connectivity index is 2.20. The van der Waals surface area contributed by atoms with Crippen LogP contribution >= 0.6 is 0 Å². The Hall–Kier alpha value is -1.17. The molecule has 19 heavy (non-hydrogen) atoms. The normalized spacial score (nSPS) is 10.6. The molecule has 1 N–H and O–H groups in total. The summed E-state index contributed by atoms with van der Waals surface area (Å²) in [7, 11) is 1.65. The summed E-state index contributed by atoms with van der Waals surface area (Å²) in [5, 5.41) is 3.35. The lowest BCUT2D eigenvalue weighted by Gasteiger charge is -2.08. The van der Waals surface area contributed by atoms with Gasteiger partial charge in [0.15, 0.2) is 0 Å². The Kier molecular flexibility index (Phi) is 8.97. The average Bonchev–Trinajstić information content (AvgIpc) is 2.43. The van der Waals surface area contributed by atoms with Gasteiger partial charge in [0.25, 0.3) is 0 Å². The highest BCUT2D eigenvalue weighted by Crippen LogP contribution is 2.09. The zero-order valence-corrected chi connectivity index (χ0v) is 11.9.